The Kier molecular flexibility index (Phi) is 5.63. The quantitative estimate of drug-likeness (QED) is 0.840. The Bertz CT molecular complexity index is 476. The molecule has 0 aliphatic carbocycles. The van der Waals surface area contributed by atoms with Gasteiger partial charge in [0.25, 0.3) is 5.91 Å². The number of carboxylic acid groups (broad SMARTS) is 1. The van der Waals surface area contributed by atoms with Gasteiger partial charge < -0.3 is 15.2 Å². The predicted octanol–water partition coefficient (Wildman–Crippen LogP) is 2.19. The lowest BCUT2D eigenvalue weighted by Gasteiger charge is -2.11. The third-order valence-corrected chi connectivity index (χ3v) is 2.86. The van der Waals surface area contributed by atoms with Crippen LogP contribution in [0.5, 0.6) is 5.75 Å². The molecule has 5 nitrogen and oxygen atoms in total. The van der Waals surface area contributed by atoms with Crippen molar-refractivity contribution in [2.24, 2.45) is 5.92 Å². The Morgan fingerprint density at radius 2 is 2.16 bits per heavy atom. The Morgan fingerprint density at radius 3 is 2.74 bits per heavy atom. The first-order valence-corrected chi connectivity index (χ1v) is 6.15. The maximum atomic E-state index is 11.9. The fourth-order valence-electron chi connectivity index (χ4n) is 1.54. The van der Waals surface area contributed by atoms with Crippen molar-refractivity contribution in [3.05, 3.63) is 28.8 Å². The lowest BCUT2D eigenvalue weighted by Crippen LogP contribution is -2.29. The predicted molar refractivity (Wildman–Crippen MR) is 71.8 cm³/mol. The molecule has 0 fully saturated rings. The molecule has 1 aromatic rings. The van der Waals surface area contributed by atoms with E-state index in [9.17, 15) is 9.59 Å². The van der Waals surface area contributed by atoms with Gasteiger partial charge in [0.1, 0.15) is 5.75 Å². The van der Waals surface area contributed by atoms with Crippen LogP contribution in [0.15, 0.2) is 18.2 Å². The highest BCUT2D eigenvalue weighted by molar-refractivity contribution is 6.32. The van der Waals surface area contributed by atoms with Crippen LogP contribution in [-0.4, -0.2) is 30.6 Å². The Morgan fingerprint density at radius 1 is 1.47 bits per heavy atom. The van der Waals surface area contributed by atoms with Gasteiger partial charge in [-0.05, 0) is 24.1 Å². The molecule has 0 radical (unpaired) electrons. The van der Waals surface area contributed by atoms with Gasteiger partial charge in [-0.25, -0.2) is 0 Å². The number of aliphatic carboxylic acids is 1. The van der Waals surface area contributed by atoms with Crippen molar-refractivity contribution in [2.75, 3.05) is 13.7 Å². The van der Waals surface area contributed by atoms with E-state index in [2.05, 4.69) is 5.32 Å². The summed E-state index contributed by atoms with van der Waals surface area (Å²) >= 11 is 5.86. The smallest absolute Gasteiger partial charge is 0.303 e. The molecule has 0 saturated carbocycles. The molecule has 1 atom stereocenters. The van der Waals surface area contributed by atoms with Gasteiger partial charge in [-0.2, -0.15) is 0 Å². The van der Waals surface area contributed by atoms with E-state index in [1.807, 2.05) is 0 Å². The van der Waals surface area contributed by atoms with Crippen LogP contribution in [-0.2, 0) is 4.79 Å². The molecule has 0 aliphatic rings. The molecule has 6 heteroatoms. The molecule has 1 rings (SSSR count). The summed E-state index contributed by atoms with van der Waals surface area (Å²) in [4.78, 5) is 22.4. The number of amides is 1. The summed E-state index contributed by atoms with van der Waals surface area (Å²) in [5.41, 5.74) is 0.420. The summed E-state index contributed by atoms with van der Waals surface area (Å²) in [6, 6.07) is 4.71. The number of hydrogen-bond acceptors (Lipinski definition) is 3. The topological polar surface area (TPSA) is 75.6 Å². The van der Waals surface area contributed by atoms with Crippen LogP contribution in [0.3, 0.4) is 0 Å². The number of nitrogens with one attached hydrogen (secondary N) is 1. The van der Waals surface area contributed by atoms with Gasteiger partial charge in [0, 0.05) is 18.5 Å². The highest BCUT2D eigenvalue weighted by Crippen LogP contribution is 2.24. The molecule has 2 N–H and O–H groups in total. The summed E-state index contributed by atoms with van der Waals surface area (Å²) in [7, 11) is 1.47. The first-order chi connectivity index (χ1) is 8.93. The molecular weight excluding hydrogens is 270 g/mol. The van der Waals surface area contributed by atoms with Gasteiger partial charge in [0.15, 0.2) is 0 Å². The van der Waals surface area contributed by atoms with E-state index < -0.39 is 5.97 Å². The van der Waals surface area contributed by atoms with Gasteiger partial charge in [-0.15, -0.1) is 0 Å². The molecule has 19 heavy (non-hydrogen) atoms. The molecule has 104 valence electrons. The average Bonchev–Trinajstić information content (AvgIpc) is 2.35. The van der Waals surface area contributed by atoms with Crippen molar-refractivity contribution in [2.45, 2.75) is 13.3 Å². The number of rotatable bonds is 6. The van der Waals surface area contributed by atoms with E-state index in [1.54, 1.807) is 25.1 Å². The number of ether oxygens (including phenoxy) is 1. The molecule has 0 aliphatic heterocycles. The van der Waals surface area contributed by atoms with Crippen LogP contribution in [0, 0.1) is 5.92 Å². The highest BCUT2D eigenvalue weighted by Gasteiger charge is 2.12. The fourth-order valence-corrected chi connectivity index (χ4v) is 1.73. The maximum absolute atomic E-state index is 11.9. The van der Waals surface area contributed by atoms with Crippen LogP contribution in [0.25, 0.3) is 0 Å². The van der Waals surface area contributed by atoms with Gasteiger partial charge in [-0.1, -0.05) is 18.5 Å². The second kappa shape index (κ2) is 6.99. The van der Waals surface area contributed by atoms with Crippen LogP contribution in [0.4, 0.5) is 0 Å². The summed E-state index contributed by atoms with van der Waals surface area (Å²) in [5, 5.41) is 11.7. The number of halogens is 1. The average molecular weight is 286 g/mol. The lowest BCUT2D eigenvalue weighted by atomic mass is 10.1. The lowest BCUT2D eigenvalue weighted by molar-refractivity contribution is -0.137. The van der Waals surface area contributed by atoms with E-state index in [0.717, 1.165) is 0 Å². The third-order valence-electron chi connectivity index (χ3n) is 2.55. The van der Waals surface area contributed by atoms with E-state index in [4.69, 9.17) is 21.4 Å². The van der Waals surface area contributed by atoms with Gasteiger partial charge >= 0.3 is 5.97 Å². The first kappa shape index (κ1) is 15.3. The Labute approximate surface area is 116 Å². The van der Waals surface area contributed by atoms with Crippen LogP contribution in [0.1, 0.15) is 23.7 Å². The third kappa shape index (κ3) is 4.79. The molecule has 0 aromatic heterocycles. The number of carbonyl (C=O) groups is 2. The van der Waals surface area contributed by atoms with E-state index in [1.165, 1.54) is 7.11 Å². The minimum atomic E-state index is -0.880. The molecule has 0 bridgehead atoms. The van der Waals surface area contributed by atoms with Crippen molar-refractivity contribution < 1.29 is 19.4 Å². The second-order valence-corrected chi connectivity index (χ2v) is 4.67. The number of hydrogen-bond donors (Lipinski definition) is 2. The van der Waals surface area contributed by atoms with Crippen LogP contribution >= 0.6 is 11.6 Å². The maximum Gasteiger partial charge on any atom is 0.303 e. The number of benzene rings is 1. The summed E-state index contributed by atoms with van der Waals surface area (Å²) in [6.45, 7) is 2.06. The minimum Gasteiger partial charge on any atom is -0.495 e. The molecule has 1 unspecified atom stereocenters. The summed E-state index contributed by atoms with van der Waals surface area (Å²) in [6.07, 6.45) is 0.0181. The van der Waals surface area contributed by atoms with Crippen molar-refractivity contribution in [3.8, 4) is 5.75 Å². The summed E-state index contributed by atoms with van der Waals surface area (Å²) < 4.78 is 5.02. The molecule has 0 heterocycles. The second-order valence-electron chi connectivity index (χ2n) is 4.26. The minimum absolute atomic E-state index is 0.0181. The molecular formula is C13H16ClNO4. The first-order valence-electron chi connectivity index (χ1n) is 5.77. The van der Waals surface area contributed by atoms with Crippen molar-refractivity contribution in [3.63, 3.8) is 0 Å². The van der Waals surface area contributed by atoms with E-state index in [-0.39, 0.29) is 18.2 Å². The normalized spacial score (nSPS) is 11.7. The molecule has 0 saturated heterocycles. The highest BCUT2D eigenvalue weighted by atomic mass is 35.5. The van der Waals surface area contributed by atoms with Crippen molar-refractivity contribution in [1.29, 1.82) is 0 Å². The Balaban J connectivity index is 2.61. The largest absolute Gasteiger partial charge is 0.495 e. The number of carbonyl (C=O) groups excluding carboxylic acids is 1. The van der Waals surface area contributed by atoms with Gasteiger partial charge in [0.2, 0.25) is 0 Å². The van der Waals surface area contributed by atoms with Gasteiger partial charge in [0.05, 0.1) is 12.1 Å². The zero-order chi connectivity index (χ0) is 14.4. The SMILES string of the molecule is COc1cc(C(=O)NCC(C)CC(=O)O)ccc1Cl. The van der Waals surface area contributed by atoms with E-state index >= 15 is 0 Å². The monoisotopic (exact) mass is 285 g/mol. The van der Waals surface area contributed by atoms with Crippen LogP contribution < -0.4 is 10.1 Å². The number of methoxy groups -OCH3 is 1. The Hall–Kier alpha value is -1.75. The zero-order valence-electron chi connectivity index (χ0n) is 10.8. The van der Waals surface area contributed by atoms with Crippen molar-refractivity contribution >= 4 is 23.5 Å². The molecule has 1 aromatic carbocycles. The molecule has 0 spiro atoms. The molecule has 1 amide bonds. The zero-order valence-corrected chi connectivity index (χ0v) is 11.5. The number of carboxylic acids is 1. The van der Waals surface area contributed by atoms with E-state index in [0.29, 0.717) is 22.9 Å². The standard InChI is InChI=1S/C13H16ClNO4/c1-8(5-12(16)17)7-15-13(18)9-3-4-10(14)11(6-9)19-2/h3-4,6,8H,5,7H2,1-2H3,(H,15,18)(H,16,17). The van der Waals surface area contributed by atoms with Crippen LogP contribution in [0.2, 0.25) is 5.02 Å². The fraction of sp³-hybridized carbons (Fsp3) is 0.385. The van der Waals surface area contributed by atoms with Gasteiger partial charge in [-0.3, -0.25) is 9.59 Å². The summed E-state index contributed by atoms with van der Waals surface area (Å²) in [5.74, 6) is -0.870. The van der Waals surface area contributed by atoms with Crippen molar-refractivity contribution in [1.82, 2.24) is 5.32 Å².